The van der Waals surface area contributed by atoms with Crippen molar-refractivity contribution < 1.29 is 4.79 Å². The van der Waals surface area contributed by atoms with Crippen LogP contribution >= 0.6 is 0 Å². The molecule has 1 amide bonds. The van der Waals surface area contributed by atoms with Gasteiger partial charge in [0.05, 0.1) is 11.0 Å². The molecule has 1 aliphatic rings. The summed E-state index contributed by atoms with van der Waals surface area (Å²) < 4.78 is 2.75. The van der Waals surface area contributed by atoms with Crippen LogP contribution < -0.4 is 16.0 Å². The lowest BCUT2D eigenvalue weighted by atomic mass is 10.2. The highest BCUT2D eigenvalue weighted by Gasteiger charge is 2.22. The second kappa shape index (κ2) is 7.86. The van der Waals surface area contributed by atoms with Gasteiger partial charge in [-0.15, -0.1) is 0 Å². The number of hydrogen-bond acceptors (Lipinski definition) is 6. The Balaban J connectivity index is 1.45. The fraction of sp³-hybridized carbons (Fsp3) is 0.350. The average Bonchev–Trinajstić information content (AvgIpc) is 2.78. The Kier molecular flexibility index (Phi) is 5.11. The second-order valence-electron chi connectivity index (χ2n) is 6.98. The van der Waals surface area contributed by atoms with Gasteiger partial charge in [0, 0.05) is 58.6 Å². The van der Waals surface area contributed by atoms with Crippen molar-refractivity contribution >= 4 is 22.9 Å². The quantitative estimate of drug-likeness (QED) is 0.588. The lowest BCUT2D eigenvalue weighted by Crippen LogP contribution is -2.49. The van der Waals surface area contributed by atoms with Gasteiger partial charge in [-0.05, 0) is 18.2 Å². The van der Waals surface area contributed by atoms with E-state index in [4.69, 9.17) is 0 Å². The van der Waals surface area contributed by atoms with Gasteiger partial charge in [-0.2, -0.15) is 0 Å². The molecule has 150 valence electrons. The molecule has 3 aromatic rings. The molecule has 1 aliphatic heterocycles. The first kappa shape index (κ1) is 18.9. The van der Waals surface area contributed by atoms with Crippen LogP contribution in [0.5, 0.6) is 0 Å². The van der Waals surface area contributed by atoms with Crippen LogP contribution in [-0.2, 0) is 18.4 Å². The maximum atomic E-state index is 12.7. The Bertz CT molecular complexity index is 1150. The molecule has 0 radical (unpaired) electrons. The number of carbonyl (C=O) groups excluding carboxylic acids is 1. The van der Waals surface area contributed by atoms with E-state index in [1.807, 2.05) is 17.0 Å². The van der Waals surface area contributed by atoms with Crippen LogP contribution in [0.25, 0.3) is 11.0 Å². The van der Waals surface area contributed by atoms with Gasteiger partial charge >= 0.3 is 11.1 Å². The molecule has 0 unspecified atom stereocenters. The van der Waals surface area contributed by atoms with Crippen LogP contribution in [0.1, 0.15) is 6.42 Å². The van der Waals surface area contributed by atoms with Gasteiger partial charge < -0.3 is 18.9 Å². The number of amides is 1. The Morgan fingerprint density at radius 2 is 1.59 bits per heavy atom. The van der Waals surface area contributed by atoms with Gasteiger partial charge in [-0.1, -0.05) is 12.1 Å². The predicted molar refractivity (Wildman–Crippen MR) is 109 cm³/mol. The van der Waals surface area contributed by atoms with Crippen LogP contribution in [0, 0.1) is 0 Å². The van der Waals surface area contributed by atoms with Crippen molar-refractivity contribution in [2.45, 2.75) is 13.0 Å². The molecule has 1 saturated heterocycles. The zero-order chi connectivity index (χ0) is 20.4. The summed E-state index contributed by atoms with van der Waals surface area (Å²) in [5.41, 5.74) is 0.122. The summed E-state index contributed by atoms with van der Waals surface area (Å²) in [6, 6.07) is 8.98. The number of aromatic nitrogens is 4. The van der Waals surface area contributed by atoms with Crippen LogP contribution in [0.15, 0.2) is 52.3 Å². The largest absolute Gasteiger partial charge is 0.339 e. The van der Waals surface area contributed by atoms with Crippen molar-refractivity contribution in [1.82, 2.24) is 24.0 Å². The maximum absolute atomic E-state index is 12.7. The Morgan fingerprint density at radius 3 is 2.28 bits per heavy atom. The SMILES string of the molecule is Cn1c(=O)c(=O)n(CCC(=O)N2CCN(c3ncccn3)CC2)c2ccccc21. The number of piperazine rings is 1. The summed E-state index contributed by atoms with van der Waals surface area (Å²) in [7, 11) is 1.58. The van der Waals surface area contributed by atoms with Gasteiger partial charge in [-0.25, -0.2) is 9.97 Å². The third-order valence-electron chi connectivity index (χ3n) is 5.28. The summed E-state index contributed by atoms with van der Waals surface area (Å²) >= 11 is 0. The normalized spacial score (nSPS) is 14.4. The first-order valence-electron chi connectivity index (χ1n) is 9.54. The molecule has 29 heavy (non-hydrogen) atoms. The van der Waals surface area contributed by atoms with Crippen LogP contribution in [0.2, 0.25) is 0 Å². The fourth-order valence-corrected chi connectivity index (χ4v) is 3.65. The highest BCUT2D eigenvalue weighted by molar-refractivity contribution is 5.77. The van der Waals surface area contributed by atoms with E-state index in [9.17, 15) is 14.4 Å². The van der Waals surface area contributed by atoms with Crippen LogP contribution in [0.3, 0.4) is 0 Å². The fourth-order valence-electron chi connectivity index (χ4n) is 3.65. The number of carbonyl (C=O) groups is 1. The second-order valence-corrected chi connectivity index (χ2v) is 6.98. The van der Waals surface area contributed by atoms with Gasteiger partial charge in [0.1, 0.15) is 0 Å². The van der Waals surface area contributed by atoms with Gasteiger partial charge in [0.2, 0.25) is 11.9 Å². The molecular formula is C20H22N6O3. The first-order chi connectivity index (χ1) is 14.1. The predicted octanol–water partition coefficient (Wildman–Crippen LogP) is 0.229. The van der Waals surface area contributed by atoms with Gasteiger partial charge in [0.15, 0.2) is 0 Å². The molecule has 0 N–H and O–H groups in total. The minimum Gasteiger partial charge on any atom is -0.339 e. The van der Waals surface area contributed by atoms with Crippen molar-refractivity contribution in [3.05, 3.63) is 63.4 Å². The van der Waals surface area contributed by atoms with Crippen molar-refractivity contribution in [2.75, 3.05) is 31.1 Å². The number of fused-ring (bicyclic) bond motifs is 1. The third kappa shape index (κ3) is 3.63. The van der Waals surface area contributed by atoms with E-state index in [1.165, 1.54) is 9.13 Å². The Morgan fingerprint density at radius 1 is 0.931 bits per heavy atom. The molecule has 2 aromatic heterocycles. The minimum absolute atomic E-state index is 0.0321. The highest BCUT2D eigenvalue weighted by Crippen LogP contribution is 2.12. The molecule has 9 heteroatoms. The monoisotopic (exact) mass is 394 g/mol. The number of benzene rings is 1. The van der Waals surface area contributed by atoms with E-state index in [2.05, 4.69) is 9.97 Å². The zero-order valence-corrected chi connectivity index (χ0v) is 16.2. The lowest BCUT2D eigenvalue weighted by molar-refractivity contribution is -0.131. The van der Waals surface area contributed by atoms with E-state index in [1.54, 1.807) is 42.5 Å². The van der Waals surface area contributed by atoms with Crippen molar-refractivity contribution in [3.63, 3.8) is 0 Å². The summed E-state index contributed by atoms with van der Waals surface area (Å²) in [4.78, 5) is 49.7. The highest BCUT2D eigenvalue weighted by atomic mass is 16.2. The van der Waals surface area contributed by atoms with Crippen molar-refractivity contribution in [2.24, 2.45) is 7.05 Å². The van der Waals surface area contributed by atoms with E-state index < -0.39 is 11.1 Å². The summed E-state index contributed by atoms with van der Waals surface area (Å²) in [5, 5.41) is 0. The van der Waals surface area contributed by atoms with Gasteiger partial charge in [-0.3, -0.25) is 14.4 Å². The van der Waals surface area contributed by atoms with E-state index in [-0.39, 0.29) is 18.9 Å². The first-order valence-corrected chi connectivity index (χ1v) is 9.54. The number of aryl methyl sites for hydroxylation is 2. The molecule has 1 fully saturated rings. The van der Waals surface area contributed by atoms with Crippen LogP contribution in [0.4, 0.5) is 5.95 Å². The topological polar surface area (TPSA) is 93.3 Å². The standard InChI is InChI=1S/C20H22N6O3/c1-23-15-5-2-3-6-16(15)26(19(29)18(23)28)10-7-17(27)24-11-13-25(14-12-24)20-21-8-4-9-22-20/h2-6,8-9H,7,10-14H2,1H3. The number of anilines is 1. The van der Waals surface area contributed by atoms with Crippen molar-refractivity contribution in [3.8, 4) is 0 Å². The summed E-state index contributed by atoms with van der Waals surface area (Å²) in [6.07, 6.45) is 3.57. The molecule has 0 spiro atoms. The molecule has 0 atom stereocenters. The summed E-state index contributed by atoms with van der Waals surface area (Å²) in [6.45, 7) is 2.64. The molecule has 0 bridgehead atoms. The molecule has 9 nitrogen and oxygen atoms in total. The number of rotatable bonds is 4. The Labute approximate surface area is 166 Å². The molecule has 0 aliphatic carbocycles. The molecule has 0 saturated carbocycles. The summed E-state index contributed by atoms with van der Waals surface area (Å²) in [5.74, 6) is 0.632. The van der Waals surface area contributed by atoms with Gasteiger partial charge in [0.25, 0.3) is 0 Å². The molecule has 1 aromatic carbocycles. The molecular weight excluding hydrogens is 372 g/mol. The van der Waals surface area contributed by atoms with Crippen molar-refractivity contribution in [1.29, 1.82) is 0 Å². The van der Waals surface area contributed by atoms with E-state index in [0.717, 1.165) is 0 Å². The molecule has 3 heterocycles. The Hall–Kier alpha value is -3.49. The van der Waals surface area contributed by atoms with E-state index >= 15 is 0 Å². The maximum Gasteiger partial charge on any atom is 0.316 e. The number of nitrogens with zero attached hydrogens (tertiary/aromatic N) is 6. The average molecular weight is 394 g/mol. The third-order valence-corrected chi connectivity index (χ3v) is 5.28. The minimum atomic E-state index is -0.606. The number of para-hydroxylation sites is 2. The molecule has 4 rings (SSSR count). The van der Waals surface area contributed by atoms with E-state index in [0.29, 0.717) is 43.2 Å². The zero-order valence-electron chi connectivity index (χ0n) is 16.2. The number of hydrogen-bond donors (Lipinski definition) is 0. The lowest BCUT2D eigenvalue weighted by Gasteiger charge is -2.34. The smallest absolute Gasteiger partial charge is 0.316 e. The van der Waals surface area contributed by atoms with Crippen LogP contribution in [-0.4, -0.2) is 56.1 Å².